The van der Waals surface area contributed by atoms with E-state index in [1.54, 1.807) is 27.7 Å². The molecule has 0 aliphatic heterocycles. The van der Waals surface area contributed by atoms with Gasteiger partial charge >= 0.3 is 6.09 Å². The van der Waals surface area contributed by atoms with E-state index in [0.717, 1.165) is 0 Å². The first kappa shape index (κ1) is 21.8. The van der Waals surface area contributed by atoms with Gasteiger partial charge in [0.1, 0.15) is 5.60 Å². The standard InChI is InChI=1S/C15H32N4O3Si/c1-11(18-19-16)12(17-13(20)22-14(2,3)4)10-21-23(8,9)15(5,6)7/h11-12H,10H2,1-9H3,(H,17,20)/t11-,12+/m0/s1. The van der Waals surface area contributed by atoms with Crippen molar-refractivity contribution in [3.05, 3.63) is 10.4 Å². The van der Waals surface area contributed by atoms with Gasteiger partial charge in [-0.15, -0.1) is 0 Å². The first-order chi connectivity index (χ1) is 10.2. The fourth-order valence-electron chi connectivity index (χ4n) is 1.44. The number of ether oxygens (including phenoxy) is 1. The highest BCUT2D eigenvalue weighted by Gasteiger charge is 2.38. The molecule has 2 atom stereocenters. The van der Waals surface area contributed by atoms with Crippen molar-refractivity contribution in [2.75, 3.05) is 6.61 Å². The molecule has 134 valence electrons. The minimum Gasteiger partial charge on any atom is -0.444 e. The molecule has 0 aliphatic carbocycles. The van der Waals surface area contributed by atoms with Crippen LogP contribution in [-0.2, 0) is 9.16 Å². The Morgan fingerprint density at radius 1 is 1.26 bits per heavy atom. The normalized spacial score (nSPS) is 15.3. The van der Waals surface area contributed by atoms with Crippen LogP contribution in [0.2, 0.25) is 18.1 Å². The molecule has 0 unspecified atom stereocenters. The molecule has 1 amide bonds. The number of carbonyl (C=O) groups is 1. The third-order valence-corrected chi connectivity index (χ3v) is 8.45. The van der Waals surface area contributed by atoms with Gasteiger partial charge in [0, 0.05) is 4.91 Å². The van der Waals surface area contributed by atoms with Gasteiger partial charge in [-0.3, -0.25) is 0 Å². The van der Waals surface area contributed by atoms with Crippen LogP contribution in [-0.4, -0.2) is 38.7 Å². The molecule has 0 aromatic rings. The van der Waals surface area contributed by atoms with E-state index < -0.39 is 32.1 Å². The van der Waals surface area contributed by atoms with Crippen molar-refractivity contribution in [3.8, 4) is 0 Å². The van der Waals surface area contributed by atoms with Crippen molar-refractivity contribution in [1.82, 2.24) is 5.32 Å². The van der Waals surface area contributed by atoms with Crippen LogP contribution in [0.5, 0.6) is 0 Å². The summed E-state index contributed by atoms with van der Waals surface area (Å²) in [6.07, 6.45) is -0.540. The molecule has 0 saturated carbocycles. The molecule has 0 rings (SSSR count). The first-order valence-electron chi connectivity index (χ1n) is 7.87. The van der Waals surface area contributed by atoms with Gasteiger partial charge in [0.15, 0.2) is 8.32 Å². The summed E-state index contributed by atoms with van der Waals surface area (Å²) in [5.41, 5.74) is 8.06. The molecule has 0 saturated heterocycles. The Bertz CT molecular complexity index is 449. The summed E-state index contributed by atoms with van der Waals surface area (Å²) < 4.78 is 11.4. The molecule has 0 heterocycles. The van der Waals surface area contributed by atoms with Crippen LogP contribution in [0, 0.1) is 0 Å². The molecular weight excluding hydrogens is 312 g/mol. The topological polar surface area (TPSA) is 96.3 Å². The van der Waals surface area contributed by atoms with Crippen molar-refractivity contribution in [2.45, 2.75) is 84.3 Å². The third-order valence-electron chi connectivity index (χ3n) is 3.95. The minimum atomic E-state index is -1.96. The number of carbonyl (C=O) groups excluding carboxylic acids is 1. The Kier molecular flexibility index (Phi) is 7.60. The predicted molar refractivity (Wildman–Crippen MR) is 94.9 cm³/mol. The minimum absolute atomic E-state index is 0.0607. The fraction of sp³-hybridized carbons (Fsp3) is 0.933. The van der Waals surface area contributed by atoms with Crippen LogP contribution < -0.4 is 5.32 Å². The fourth-order valence-corrected chi connectivity index (χ4v) is 2.47. The zero-order valence-corrected chi connectivity index (χ0v) is 16.9. The summed E-state index contributed by atoms with van der Waals surface area (Å²) in [6.45, 7) is 18.1. The second-order valence-electron chi connectivity index (χ2n) is 8.27. The van der Waals surface area contributed by atoms with E-state index in [2.05, 4.69) is 49.2 Å². The lowest BCUT2D eigenvalue weighted by Gasteiger charge is -2.38. The summed E-state index contributed by atoms with van der Waals surface area (Å²) in [5.74, 6) is 0. The number of hydrogen-bond donors (Lipinski definition) is 1. The number of azide groups is 1. The highest BCUT2D eigenvalue weighted by atomic mass is 28.4. The molecule has 0 aromatic heterocycles. The quantitative estimate of drug-likeness (QED) is 0.330. The van der Waals surface area contributed by atoms with Crippen molar-refractivity contribution < 1.29 is 14.0 Å². The van der Waals surface area contributed by atoms with E-state index >= 15 is 0 Å². The molecule has 0 aromatic carbocycles. The van der Waals surface area contributed by atoms with E-state index in [-0.39, 0.29) is 11.6 Å². The van der Waals surface area contributed by atoms with Gasteiger partial charge in [-0.1, -0.05) is 32.8 Å². The van der Waals surface area contributed by atoms with E-state index in [1.165, 1.54) is 0 Å². The molecule has 8 heteroatoms. The van der Waals surface area contributed by atoms with Crippen LogP contribution >= 0.6 is 0 Å². The molecule has 0 bridgehead atoms. The van der Waals surface area contributed by atoms with Gasteiger partial charge in [-0.25, -0.2) is 4.79 Å². The summed E-state index contributed by atoms with van der Waals surface area (Å²) in [7, 11) is -1.96. The number of amides is 1. The molecule has 0 spiro atoms. The maximum absolute atomic E-state index is 12.0. The number of nitrogens with zero attached hydrogens (tertiary/aromatic N) is 3. The van der Waals surface area contributed by atoms with E-state index in [0.29, 0.717) is 0 Å². The van der Waals surface area contributed by atoms with Crippen molar-refractivity contribution in [1.29, 1.82) is 0 Å². The molecule has 0 radical (unpaired) electrons. The van der Waals surface area contributed by atoms with Gasteiger partial charge in [-0.2, -0.15) is 0 Å². The number of nitrogens with one attached hydrogen (secondary N) is 1. The van der Waals surface area contributed by atoms with E-state index in [4.69, 9.17) is 14.7 Å². The predicted octanol–water partition coefficient (Wildman–Crippen LogP) is 4.60. The molecule has 23 heavy (non-hydrogen) atoms. The number of rotatable bonds is 6. The smallest absolute Gasteiger partial charge is 0.407 e. The maximum Gasteiger partial charge on any atom is 0.407 e. The Hall–Kier alpha value is -1.24. The van der Waals surface area contributed by atoms with Crippen molar-refractivity contribution >= 4 is 14.4 Å². The van der Waals surface area contributed by atoms with Crippen LogP contribution in [0.3, 0.4) is 0 Å². The Morgan fingerprint density at radius 2 is 1.78 bits per heavy atom. The zero-order chi connectivity index (χ0) is 18.5. The summed E-state index contributed by atoms with van der Waals surface area (Å²) in [5, 5.41) is 6.50. The zero-order valence-electron chi connectivity index (χ0n) is 15.9. The first-order valence-corrected chi connectivity index (χ1v) is 10.8. The lowest BCUT2D eigenvalue weighted by atomic mass is 10.1. The van der Waals surface area contributed by atoms with Crippen LogP contribution in [0.1, 0.15) is 48.5 Å². The monoisotopic (exact) mass is 344 g/mol. The average Bonchev–Trinajstić information content (AvgIpc) is 2.30. The Balaban J connectivity index is 4.97. The van der Waals surface area contributed by atoms with Gasteiger partial charge in [-0.05, 0) is 44.4 Å². The summed E-state index contributed by atoms with van der Waals surface area (Å²) >= 11 is 0. The van der Waals surface area contributed by atoms with Gasteiger partial charge < -0.3 is 14.5 Å². The molecule has 0 fully saturated rings. The molecule has 1 N–H and O–H groups in total. The van der Waals surface area contributed by atoms with Gasteiger partial charge in [0.25, 0.3) is 0 Å². The van der Waals surface area contributed by atoms with Crippen LogP contribution in [0.15, 0.2) is 5.11 Å². The van der Waals surface area contributed by atoms with Crippen LogP contribution in [0.25, 0.3) is 10.4 Å². The van der Waals surface area contributed by atoms with Crippen molar-refractivity contribution in [3.63, 3.8) is 0 Å². The largest absolute Gasteiger partial charge is 0.444 e. The van der Waals surface area contributed by atoms with E-state index in [9.17, 15) is 4.79 Å². The lowest BCUT2D eigenvalue weighted by Crippen LogP contribution is -2.50. The summed E-state index contributed by atoms with van der Waals surface area (Å²) in [4.78, 5) is 14.8. The van der Waals surface area contributed by atoms with Crippen molar-refractivity contribution in [2.24, 2.45) is 5.11 Å². The maximum atomic E-state index is 12.0. The SMILES string of the molecule is C[C@H](N=[N+]=[N-])[C@@H](CO[Si](C)(C)C(C)(C)C)NC(=O)OC(C)(C)C. The highest BCUT2D eigenvalue weighted by molar-refractivity contribution is 6.74. The summed E-state index contributed by atoms with van der Waals surface area (Å²) in [6, 6.07) is -0.868. The Labute approximate surface area is 140 Å². The lowest BCUT2D eigenvalue weighted by molar-refractivity contribution is 0.0476. The van der Waals surface area contributed by atoms with E-state index in [1.807, 2.05) is 0 Å². The molecule has 7 nitrogen and oxygen atoms in total. The van der Waals surface area contributed by atoms with Gasteiger partial charge in [0.05, 0.1) is 18.7 Å². The number of alkyl carbamates (subject to hydrolysis) is 1. The molecular formula is C15H32N4O3Si. The third kappa shape index (κ3) is 8.25. The average molecular weight is 345 g/mol. The Morgan fingerprint density at radius 3 is 2.17 bits per heavy atom. The van der Waals surface area contributed by atoms with Gasteiger partial charge in [0.2, 0.25) is 0 Å². The number of hydrogen-bond acceptors (Lipinski definition) is 4. The second-order valence-corrected chi connectivity index (χ2v) is 13.1. The van der Waals surface area contributed by atoms with Crippen LogP contribution in [0.4, 0.5) is 4.79 Å². The highest BCUT2D eigenvalue weighted by Crippen LogP contribution is 2.36. The second kappa shape index (κ2) is 8.03. The molecule has 0 aliphatic rings.